The number of nitrogens with two attached hydrogens (primary N) is 1. The van der Waals surface area contributed by atoms with E-state index in [4.69, 9.17) is 5.73 Å². The van der Waals surface area contributed by atoms with Gasteiger partial charge in [-0.25, -0.2) is 0 Å². The standard InChI is InChI=1S/C10H11NS/c1-7(11)9-4-2-3-8-5-6-12-10(8)9/h2-7H,11H2,1H3/t7-/m0/s1. The largest absolute Gasteiger partial charge is 0.324 e. The van der Waals surface area contributed by atoms with E-state index in [2.05, 4.69) is 29.6 Å². The fourth-order valence-electron chi connectivity index (χ4n) is 1.37. The third-order valence-electron chi connectivity index (χ3n) is 2.00. The van der Waals surface area contributed by atoms with E-state index in [0.717, 1.165) is 0 Å². The summed E-state index contributed by atoms with van der Waals surface area (Å²) in [6.07, 6.45) is 0. The Morgan fingerprint density at radius 1 is 1.33 bits per heavy atom. The molecule has 0 aliphatic carbocycles. The number of rotatable bonds is 1. The van der Waals surface area contributed by atoms with Crippen LogP contribution in [0, 0.1) is 0 Å². The van der Waals surface area contributed by atoms with Crippen LogP contribution in [-0.2, 0) is 0 Å². The van der Waals surface area contributed by atoms with Crippen molar-refractivity contribution in [2.45, 2.75) is 13.0 Å². The summed E-state index contributed by atoms with van der Waals surface area (Å²) in [5.41, 5.74) is 7.10. The summed E-state index contributed by atoms with van der Waals surface area (Å²) in [6.45, 7) is 2.02. The second kappa shape index (κ2) is 2.88. The summed E-state index contributed by atoms with van der Waals surface area (Å²) in [7, 11) is 0. The number of hydrogen-bond donors (Lipinski definition) is 1. The molecule has 0 fully saturated rings. The zero-order valence-electron chi connectivity index (χ0n) is 6.95. The van der Waals surface area contributed by atoms with Gasteiger partial charge in [-0.3, -0.25) is 0 Å². The second-order valence-corrected chi connectivity index (χ2v) is 3.89. The molecule has 2 aromatic rings. The van der Waals surface area contributed by atoms with Crippen LogP contribution < -0.4 is 5.73 Å². The van der Waals surface area contributed by atoms with Crippen molar-refractivity contribution in [2.75, 3.05) is 0 Å². The Balaban J connectivity index is 2.73. The van der Waals surface area contributed by atoms with Gasteiger partial charge in [-0.2, -0.15) is 0 Å². The SMILES string of the molecule is C[C@H](N)c1cccc2ccsc12. The van der Waals surface area contributed by atoms with Gasteiger partial charge in [0.15, 0.2) is 0 Å². The van der Waals surface area contributed by atoms with Gasteiger partial charge in [-0.05, 0) is 29.3 Å². The summed E-state index contributed by atoms with van der Waals surface area (Å²) in [4.78, 5) is 0. The van der Waals surface area contributed by atoms with Crippen molar-refractivity contribution in [3.63, 3.8) is 0 Å². The van der Waals surface area contributed by atoms with E-state index in [1.54, 1.807) is 11.3 Å². The van der Waals surface area contributed by atoms with E-state index in [0.29, 0.717) is 0 Å². The number of benzene rings is 1. The Labute approximate surface area is 75.8 Å². The fourth-order valence-corrected chi connectivity index (χ4v) is 2.39. The number of thiophene rings is 1. The average molecular weight is 177 g/mol. The van der Waals surface area contributed by atoms with Crippen LogP contribution in [0.3, 0.4) is 0 Å². The summed E-state index contributed by atoms with van der Waals surface area (Å²) in [6, 6.07) is 8.55. The van der Waals surface area contributed by atoms with E-state index < -0.39 is 0 Å². The molecule has 2 heteroatoms. The smallest absolute Gasteiger partial charge is 0.0390 e. The van der Waals surface area contributed by atoms with Crippen LogP contribution >= 0.6 is 11.3 Å². The van der Waals surface area contributed by atoms with Crippen molar-refractivity contribution in [3.8, 4) is 0 Å². The van der Waals surface area contributed by atoms with Gasteiger partial charge in [0.05, 0.1) is 0 Å². The zero-order chi connectivity index (χ0) is 8.55. The summed E-state index contributed by atoms with van der Waals surface area (Å²) in [5, 5.41) is 3.41. The van der Waals surface area contributed by atoms with Crippen molar-refractivity contribution in [2.24, 2.45) is 5.73 Å². The summed E-state index contributed by atoms with van der Waals surface area (Å²) in [5.74, 6) is 0. The van der Waals surface area contributed by atoms with Gasteiger partial charge in [0.2, 0.25) is 0 Å². The molecule has 0 bridgehead atoms. The predicted octanol–water partition coefficient (Wildman–Crippen LogP) is 2.92. The van der Waals surface area contributed by atoms with Crippen LogP contribution in [0.4, 0.5) is 0 Å². The first-order valence-corrected chi connectivity index (χ1v) is 4.88. The van der Waals surface area contributed by atoms with Gasteiger partial charge >= 0.3 is 0 Å². The van der Waals surface area contributed by atoms with Crippen molar-refractivity contribution in [1.29, 1.82) is 0 Å². The minimum Gasteiger partial charge on any atom is -0.324 e. The van der Waals surface area contributed by atoms with Crippen LogP contribution in [0.25, 0.3) is 10.1 Å². The van der Waals surface area contributed by atoms with Crippen LogP contribution in [0.5, 0.6) is 0 Å². The van der Waals surface area contributed by atoms with Crippen LogP contribution in [0.15, 0.2) is 29.6 Å². The minimum absolute atomic E-state index is 0.132. The lowest BCUT2D eigenvalue weighted by molar-refractivity contribution is 0.828. The highest BCUT2D eigenvalue weighted by atomic mass is 32.1. The highest BCUT2D eigenvalue weighted by molar-refractivity contribution is 7.17. The van der Waals surface area contributed by atoms with Crippen LogP contribution in [0.2, 0.25) is 0 Å². The molecule has 2 rings (SSSR count). The van der Waals surface area contributed by atoms with Gasteiger partial charge in [0.1, 0.15) is 0 Å². The molecule has 0 amide bonds. The van der Waals surface area contributed by atoms with Crippen molar-refractivity contribution >= 4 is 21.4 Å². The topological polar surface area (TPSA) is 26.0 Å². The Kier molecular flexibility index (Phi) is 1.87. The second-order valence-electron chi connectivity index (χ2n) is 2.97. The molecule has 1 nitrogen and oxygen atoms in total. The first-order chi connectivity index (χ1) is 5.79. The molecular formula is C10H11NS. The zero-order valence-corrected chi connectivity index (χ0v) is 7.77. The molecule has 0 unspecified atom stereocenters. The van der Waals surface area contributed by atoms with Crippen molar-refractivity contribution in [3.05, 3.63) is 35.2 Å². The number of hydrogen-bond acceptors (Lipinski definition) is 2. The van der Waals surface area contributed by atoms with Crippen molar-refractivity contribution in [1.82, 2.24) is 0 Å². The van der Waals surface area contributed by atoms with E-state index in [1.165, 1.54) is 15.6 Å². The van der Waals surface area contributed by atoms with Gasteiger partial charge < -0.3 is 5.73 Å². The first-order valence-electron chi connectivity index (χ1n) is 4.01. The highest BCUT2D eigenvalue weighted by Gasteiger charge is 2.04. The van der Waals surface area contributed by atoms with Crippen LogP contribution in [0.1, 0.15) is 18.5 Å². The van der Waals surface area contributed by atoms with E-state index in [1.807, 2.05) is 6.92 Å². The van der Waals surface area contributed by atoms with Gasteiger partial charge in [0, 0.05) is 10.7 Å². The molecule has 0 saturated heterocycles. The molecule has 1 atom stereocenters. The maximum Gasteiger partial charge on any atom is 0.0390 e. The third-order valence-corrected chi connectivity index (χ3v) is 2.98. The molecule has 1 heterocycles. The molecular weight excluding hydrogens is 166 g/mol. The third kappa shape index (κ3) is 1.13. The molecule has 1 aromatic carbocycles. The fraction of sp³-hybridized carbons (Fsp3) is 0.200. The Morgan fingerprint density at radius 3 is 2.92 bits per heavy atom. The molecule has 0 spiro atoms. The van der Waals surface area contributed by atoms with Gasteiger partial charge in [-0.15, -0.1) is 11.3 Å². The quantitative estimate of drug-likeness (QED) is 0.712. The normalized spacial score (nSPS) is 13.5. The molecule has 0 saturated carbocycles. The van der Waals surface area contributed by atoms with E-state index >= 15 is 0 Å². The maximum absolute atomic E-state index is 5.85. The molecule has 1 aromatic heterocycles. The molecule has 12 heavy (non-hydrogen) atoms. The first kappa shape index (κ1) is 7.77. The van der Waals surface area contributed by atoms with E-state index in [9.17, 15) is 0 Å². The molecule has 2 N–H and O–H groups in total. The Morgan fingerprint density at radius 2 is 2.17 bits per heavy atom. The molecule has 0 aliphatic rings. The lowest BCUT2D eigenvalue weighted by atomic mass is 10.1. The van der Waals surface area contributed by atoms with E-state index in [-0.39, 0.29) is 6.04 Å². The summed E-state index contributed by atoms with van der Waals surface area (Å²) < 4.78 is 1.33. The Bertz CT molecular complexity index is 389. The molecule has 0 aliphatic heterocycles. The lowest BCUT2D eigenvalue weighted by Crippen LogP contribution is -2.04. The molecule has 0 radical (unpaired) electrons. The lowest BCUT2D eigenvalue weighted by Gasteiger charge is -2.05. The van der Waals surface area contributed by atoms with Gasteiger partial charge in [-0.1, -0.05) is 18.2 Å². The highest BCUT2D eigenvalue weighted by Crippen LogP contribution is 2.27. The summed E-state index contributed by atoms with van der Waals surface area (Å²) >= 11 is 1.76. The minimum atomic E-state index is 0.132. The average Bonchev–Trinajstić information content (AvgIpc) is 2.49. The maximum atomic E-state index is 5.85. The predicted molar refractivity (Wildman–Crippen MR) is 54.4 cm³/mol. The molecule has 62 valence electrons. The number of fused-ring (bicyclic) bond motifs is 1. The van der Waals surface area contributed by atoms with Gasteiger partial charge in [0.25, 0.3) is 0 Å². The Hall–Kier alpha value is -0.860. The van der Waals surface area contributed by atoms with Crippen molar-refractivity contribution < 1.29 is 0 Å². The monoisotopic (exact) mass is 177 g/mol. The van der Waals surface area contributed by atoms with Crippen LogP contribution in [-0.4, -0.2) is 0 Å².